The van der Waals surface area contributed by atoms with Crippen molar-refractivity contribution in [2.75, 3.05) is 6.54 Å². The number of carbonyl (C=O) groups is 2. The molecule has 1 heterocycles. The SMILES string of the molecule is CC(=O)N[C@@H](Cc1cc(F)cc(F)c1)[C@H](O)C1C[C@H](CC(=O)O)CN1.Cl. The molecule has 146 valence electrons. The second-order valence-electron chi connectivity index (χ2n) is 6.49. The number of carboxylic acid groups (broad SMARTS) is 1. The minimum atomic E-state index is -1.02. The molecule has 6 nitrogen and oxygen atoms in total. The molecule has 1 aliphatic rings. The van der Waals surface area contributed by atoms with Crippen molar-refractivity contribution in [1.82, 2.24) is 10.6 Å². The molecule has 1 aromatic carbocycles. The van der Waals surface area contributed by atoms with Gasteiger partial charge in [0.15, 0.2) is 0 Å². The summed E-state index contributed by atoms with van der Waals surface area (Å²) in [5, 5.41) is 25.1. The molecule has 2 rings (SSSR count). The fraction of sp³-hybridized carbons (Fsp3) is 0.529. The van der Waals surface area contributed by atoms with E-state index in [1.807, 2.05) is 0 Å². The maximum absolute atomic E-state index is 13.4. The summed E-state index contributed by atoms with van der Waals surface area (Å²) in [4.78, 5) is 22.2. The quantitative estimate of drug-likeness (QED) is 0.559. The van der Waals surface area contributed by atoms with Gasteiger partial charge in [0, 0.05) is 25.5 Å². The van der Waals surface area contributed by atoms with Crippen LogP contribution in [-0.2, 0) is 16.0 Å². The first-order valence-electron chi connectivity index (χ1n) is 8.10. The molecule has 1 unspecified atom stereocenters. The van der Waals surface area contributed by atoms with Crippen molar-refractivity contribution >= 4 is 24.3 Å². The third-order valence-corrected chi connectivity index (χ3v) is 4.31. The highest BCUT2D eigenvalue weighted by molar-refractivity contribution is 5.85. The topological polar surface area (TPSA) is 98.7 Å². The van der Waals surface area contributed by atoms with Gasteiger partial charge in [0.2, 0.25) is 5.91 Å². The van der Waals surface area contributed by atoms with Gasteiger partial charge in [-0.1, -0.05) is 0 Å². The van der Waals surface area contributed by atoms with Crippen LogP contribution in [0.5, 0.6) is 0 Å². The van der Waals surface area contributed by atoms with Crippen LogP contribution in [0.3, 0.4) is 0 Å². The van der Waals surface area contributed by atoms with Gasteiger partial charge in [0.1, 0.15) is 11.6 Å². The van der Waals surface area contributed by atoms with Crippen LogP contribution in [-0.4, -0.2) is 46.8 Å². The molecular weight excluding hydrogens is 370 g/mol. The third kappa shape index (κ3) is 6.51. The Morgan fingerprint density at radius 2 is 1.92 bits per heavy atom. The maximum atomic E-state index is 13.4. The van der Waals surface area contributed by atoms with E-state index in [-0.39, 0.29) is 37.1 Å². The molecule has 0 aromatic heterocycles. The lowest BCUT2D eigenvalue weighted by molar-refractivity contribution is -0.138. The predicted octanol–water partition coefficient (Wildman–Crippen LogP) is 1.25. The van der Waals surface area contributed by atoms with Gasteiger partial charge in [-0.3, -0.25) is 9.59 Å². The molecule has 0 bridgehead atoms. The van der Waals surface area contributed by atoms with Crippen molar-refractivity contribution in [3.8, 4) is 0 Å². The second kappa shape index (κ2) is 9.80. The summed E-state index contributed by atoms with van der Waals surface area (Å²) >= 11 is 0. The van der Waals surface area contributed by atoms with Crippen LogP contribution < -0.4 is 10.6 Å². The summed E-state index contributed by atoms with van der Waals surface area (Å²) in [7, 11) is 0. The number of aliphatic hydroxyl groups excluding tert-OH is 1. The van der Waals surface area contributed by atoms with Crippen molar-refractivity contribution in [2.24, 2.45) is 5.92 Å². The predicted molar refractivity (Wildman–Crippen MR) is 93.1 cm³/mol. The van der Waals surface area contributed by atoms with Crippen molar-refractivity contribution in [2.45, 2.75) is 44.4 Å². The van der Waals surface area contributed by atoms with Gasteiger partial charge >= 0.3 is 5.97 Å². The van der Waals surface area contributed by atoms with Gasteiger partial charge in [0.05, 0.1) is 12.1 Å². The van der Waals surface area contributed by atoms with E-state index in [1.54, 1.807) is 0 Å². The van der Waals surface area contributed by atoms with Gasteiger partial charge in [-0.15, -0.1) is 12.4 Å². The summed E-state index contributed by atoms with van der Waals surface area (Å²) in [5.41, 5.74) is 0.315. The molecule has 0 saturated carbocycles. The van der Waals surface area contributed by atoms with Crippen molar-refractivity contribution < 1.29 is 28.6 Å². The molecule has 1 aliphatic heterocycles. The number of benzene rings is 1. The van der Waals surface area contributed by atoms with Crippen LogP contribution >= 0.6 is 12.4 Å². The van der Waals surface area contributed by atoms with Gasteiger partial charge in [-0.25, -0.2) is 8.78 Å². The molecule has 0 radical (unpaired) electrons. The van der Waals surface area contributed by atoms with E-state index in [4.69, 9.17) is 5.11 Å². The Hall–Kier alpha value is -1.77. The summed E-state index contributed by atoms with van der Waals surface area (Å²) in [6, 6.07) is 1.90. The third-order valence-electron chi connectivity index (χ3n) is 4.31. The average Bonchev–Trinajstić information content (AvgIpc) is 2.91. The summed E-state index contributed by atoms with van der Waals surface area (Å²) in [5.74, 6) is -2.85. The summed E-state index contributed by atoms with van der Waals surface area (Å²) in [6.45, 7) is 1.75. The van der Waals surface area contributed by atoms with Crippen LogP contribution in [0.15, 0.2) is 18.2 Å². The molecule has 0 aliphatic carbocycles. The molecule has 4 atom stereocenters. The van der Waals surface area contributed by atoms with E-state index >= 15 is 0 Å². The highest BCUT2D eigenvalue weighted by Gasteiger charge is 2.35. The van der Waals surface area contributed by atoms with Gasteiger partial charge in [-0.2, -0.15) is 0 Å². The highest BCUT2D eigenvalue weighted by Crippen LogP contribution is 2.22. The Morgan fingerprint density at radius 3 is 2.46 bits per heavy atom. The number of rotatable bonds is 7. The normalized spacial score (nSPS) is 21.5. The lowest BCUT2D eigenvalue weighted by Crippen LogP contribution is -2.51. The number of aliphatic hydroxyl groups is 1. The van der Waals surface area contributed by atoms with E-state index in [1.165, 1.54) is 6.92 Å². The number of amides is 1. The smallest absolute Gasteiger partial charge is 0.303 e. The second-order valence-corrected chi connectivity index (χ2v) is 6.49. The number of carboxylic acids is 1. The Balaban J connectivity index is 0.00000338. The first-order valence-corrected chi connectivity index (χ1v) is 8.10. The van der Waals surface area contributed by atoms with E-state index in [0.29, 0.717) is 18.5 Å². The highest BCUT2D eigenvalue weighted by atomic mass is 35.5. The number of hydrogen-bond acceptors (Lipinski definition) is 4. The minimum absolute atomic E-state index is 0. The van der Waals surface area contributed by atoms with Crippen LogP contribution in [0.2, 0.25) is 0 Å². The van der Waals surface area contributed by atoms with Crippen molar-refractivity contribution in [1.29, 1.82) is 0 Å². The van der Waals surface area contributed by atoms with Crippen molar-refractivity contribution in [3.63, 3.8) is 0 Å². The molecular formula is C17H23ClF2N2O4. The zero-order valence-corrected chi connectivity index (χ0v) is 15.1. The number of nitrogens with one attached hydrogen (secondary N) is 2. The fourth-order valence-corrected chi connectivity index (χ4v) is 3.29. The molecule has 1 amide bonds. The average molecular weight is 393 g/mol. The molecule has 0 spiro atoms. The molecule has 9 heteroatoms. The zero-order chi connectivity index (χ0) is 18.6. The first-order chi connectivity index (χ1) is 11.7. The van der Waals surface area contributed by atoms with Gasteiger partial charge < -0.3 is 20.8 Å². The molecule has 26 heavy (non-hydrogen) atoms. The largest absolute Gasteiger partial charge is 0.481 e. The Morgan fingerprint density at radius 1 is 1.31 bits per heavy atom. The molecule has 1 fully saturated rings. The minimum Gasteiger partial charge on any atom is -0.481 e. The van der Waals surface area contributed by atoms with Crippen molar-refractivity contribution in [3.05, 3.63) is 35.4 Å². The van der Waals surface area contributed by atoms with Crippen LogP contribution in [0.25, 0.3) is 0 Å². The van der Waals surface area contributed by atoms with Gasteiger partial charge in [0.25, 0.3) is 0 Å². The lowest BCUT2D eigenvalue weighted by atomic mass is 9.92. The van der Waals surface area contributed by atoms with Crippen LogP contribution in [0.4, 0.5) is 8.78 Å². The maximum Gasteiger partial charge on any atom is 0.303 e. The van der Waals surface area contributed by atoms with Crippen LogP contribution in [0.1, 0.15) is 25.3 Å². The van der Waals surface area contributed by atoms with E-state index in [9.17, 15) is 23.5 Å². The number of halogens is 3. The Kier molecular flexibility index (Phi) is 8.39. The van der Waals surface area contributed by atoms with E-state index in [2.05, 4.69) is 10.6 Å². The van der Waals surface area contributed by atoms with E-state index < -0.39 is 35.8 Å². The fourth-order valence-electron chi connectivity index (χ4n) is 3.29. The molecule has 4 N–H and O–H groups in total. The number of hydrogen-bond donors (Lipinski definition) is 4. The Bertz CT molecular complexity index is 627. The lowest BCUT2D eigenvalue weighted by Gasteiger charge is -2.28. The van der Waals surface area contributed by atoms with Gasteiger partial charge in [-0.05, 0) is 43.0 Å². The number of aliphatic carboxylic acids is 1. The Labute approximate surface area is 156 Å². The molecule has 1 saturated heterocycles. The zero-order valence-electron chi connectivity index (χ0n) is 14.2. The standard InChI is InChI=1S/C17H22F2N2O4.ClH/c1-9(22)21-15(4-10-2-12(18)7-13(19)3-10)17(25)14-5-11(8-20-14)6-16(23)24;/h2-3,7,11,14-15,17,20,25H,4-6,8H2,1H3,(H,21,22)(H,23,24);1H/t11-,14?,15+,17-;/m1./s1. The number of carbonyl (C=O) groups excluding carboxylic acids is 1. The summed E-state index contributed by atoms with van der Waals surface area (Å²) in [6.07, 6.45) is -0.525. The molecule has 1 aromatic rings. The monoisotopic (exact) mass is 392 g/mol. The van der Waals surface area contributed by atoms with Crippen LogP contribution in [0, 0.1) is 17.6 Å². The summed E-state index contributed by atoms with van der Waals surface area (Å²) < 4.78 is 26.7. The first kappa shape index (κ1) is 22.3. The van der Waals surface area contributed by atoms with E-state index in [0.717, 1.165) is 18.2 Å².